The van der Waals surface area contributed by atoms with E-state index in [-0.39, 0.29) is 17.4 Å². The number of carbonyl (C=O) groups excluding carboxylic acids is 1. The van der Waals surface area contributed by atoms with Crippen molar-refractivity contribution in [3.05, 3.63) is 11.1 Å². The van der Waals surface area contributed by atoms with E-state index in [1.165, 1.54) is 18.4 Å². The monoisotopic (exact) mass is 312 g/mol. The number of hydrogen-bond acceptors (Lipinski definition) is 2. The lowest BCUT2D eigenvalue weighted by Crippen LogP contribution is -2.48. The van der Waals surface area contributed by atoms with Gasteiger partial charge in [0.05, 0.1) is 6.10 Å². The van der Waals surface area contributed by atoms with Crippen molar-refractivity contribution in [1.82, 2.24) is 0 Å². The molecule has 2 nitrogen and oxygen atoms in total. The van der Waals surface area contributed by atoms with Crippen LogP contribution in [0.2, 0.25) is 0 Å². The number of rotatable bonds is 0. The van der Waals surface area contributed by atoms with Crippen LogP contribution in [0.4, 0.5) is 0 Å². The van der Waals surface area contributed by atoms with Crippen molar-refractivity contribution in [3.63, 3.8) is 0 Å². The van der Waals surface area contributed by atoms with Gasteiger partial charge >= 0.3 is 0 Å². The molecular weight excluding hydrogens is 284 g/mol. The Morgan fingerprint density at radius 1 is 1.22 bits per heavy atom. The predicted octanol–water partition coefficient (Wildman–Crippen LogP) is 3.74. The fourth-order valence-corrected chi connectivity index (χ4v) is 6.68. The first kappa shape index (κ1) is 15.5. The Bertz CT molecular complexity index is 610. The second-order valence-electron chi connectivity index (χ2n) is 8.69. The van der Waals surface area contributed by atoms with E-state index < -0.39 is 0 Å². The number of fused-ring (bicyclic) bond motifs is 5. The first-order valence-corrected chi connectivity index (χ1v) is 9.34. The molecule has 0 unspecified atom stereocenters. The van der Waals surface area contributed by atoms with Gasteiger partial charge in [0.15, 0.2) is 5.78 Å². The number of carbonyl (C=O) groups is 1. The van der Waals surface area contributed by atoms with Gasteiger partial charge in [-0.05, 0) is 80.1 Å². The summed E-state index contributed by atoms with van der Waals surface area (Å²) in [7, 11) is 0. The van der Waals surface area contributed by atoms with Crippen molar-refractivity contribution >= 4 is 5.78 Å². The van der Waals surface area contributed by atoms with Crippen LogP contribution in [0.15, 0.2) is 11.1 Å². The maximum atomic E-state index is 12.1. The van der Waals surface area contributed by atoms with Gasteiger partial charge in [-0.1, -0.05) is 12.5 Å². The van der Waals surface area contributed by atoms with Crippen molar-refractivity contribution < 1.29 is 9.90 Å². The number of aliphatic hydroxyl groups is 1. The van der Waals surface area contributed by atoms with Gasteiger partial charge in [-0.25, -0.2) is 0 Å². The average molecular weight is 312 g/mol. The van der Waals surface area contributed by atoms with Crippen LogP contribution in [0, 0.1) is 47.3 Å². The molecule has 0 heterocycles. The van der Waals surface area contributed by atoms with Crippen molar-refractivity contribution in [1.29, 1.82) is 0 Å². The molecule has 0 spiro atoms. The molecule has 0 amide bonds. The third-order valence-corrected chi connectivity index (χ3v) is 8.00. The number of hydrogen-bond donors (Lipinski definition) is 1. The second kappa shape index (κ2) is 5.21. The average Bonchev–Trinajstić information content (AvgIpc) is 2.82. The molecule has 0 aliphatic heterocycles. The highest BCUT2D eigenvalue weighted by atomic mass is 16.3. The molecule has 2 heteroatoms. The summed E-state index contributed by atoms with van der Waals surface area (Å²) in [4.78, 5) is 12.1. The molecule has 3 fully saturated rings. The van der Waals surface area contributed by atoms with Gasteiger partial charge in [-0.3, -0.25) is 4.79 Å². The van der Waals surface area contributed by atoms with E-state index in [1.807, 2.05) is 6.92 Å². The van der Waals surface area contributed by atoms with E-state index in [4.69, 9.17) is 6.42 Å². The molecular formula is C21H28O2. The highest BCUT2D eigenvalue weighted by Crippen LogP contribution is 2.63. The predicted molar refractivity (Wildman–Crippen MR) is 90.4 cm³/mol. The highest BCUT2D eigenvalue weighted by Gasteiger charge is 2.58. The Balaban J connectivity index is 1.66. The lowest BCUT2D eigenvalue weighted by Gasteiger charge is -2.53. The topological polar surface area (TPSA) is 37.3 Å². The van der Waals surface area contributed by atoms with Crippen LogP contribution in [-0.4, -0.2) is 17.0 Å². The molecule has 0 radical (unpaired) electrons. The van der Waals surface area contributed by atoms with Crippen LogP contribution in [-0.2, 0) is 4.79 Å². The van der Waals surface area contributed by atoms with Crippen molar-refractivity contribution in [2.45, 2.75) is 64.9 Å². The molecule has 0 aromatic heterocycles. The summed E-state index contributed by atoms with van der Waals surface area (Å²) in [6.07, 6.45) is 12.7. The molecule has 4 rings (SSSR count). The van der Waals surface area contributed by atoms with E-state index >= 15 is 0 Å². The largest absolute Gasteiger partial charge is 0.391 e. The third kappa shape index (κ3) is 2.02. The SMILES string of the molecule is C#C[C@@H]1C[C@@H]2[C@@H]3CCC4=C(C)C(=O)CC[C@@H]4[C@@H]3CC[C@]2(C)[C@H]1O. The van der Waals surface area contributed by atoms with E-state index in [0.29, 0.717) is 29.5 Å². The first-order chi connectivity index (χ1) is 11.0. The molecule has 4 aliphatic rings. The Hall–Kier alpha value is -1.07. The minimum absolute atomic E-state index is 0.0128. The number of allylic oxidation sites excluding steroid dienone is 1. The molecule has 1 N–H and O–H groups in total. The fraction of sp³-hybridized carbons (Fsp3) is 0.762. The third-order valence-electron chi connectivity index (χ3n) is 8.00. The molecule has 23 heavy (non-hydrogen) atoms. The molecule has 3 saturated carbocycles. The normalized spacial score (nSPS) is 49.2. The summed E-state index contributed by atoms with van der Waals surface area (Å²) in [6, 6.07) is 0. The molecule has 0 aromatic carbocycles. The van der Waals surface area contributed by atoms with Gasteiger partial charge < -0.3 is 5.11 Å². The minimum Gasteiger partial charge on any atom is -0.391 e. The van der Waals surface area contributed by atoms with Crippen LogP contribution in [0.1, 0.15) is 58.8 Å². The minimum atomic E-state index is -0.329. The summed E-state index contributed by atoms with van der Waals surface area (Å²) in [5.74, 6) is 5.86. The van der Waals surface area contributed by atoms with E-state index in [9.17, 15) is 9.90 Å². The zero-order chi connectivity index (χ0) is 16.4. The molecule has 0 saturated heterocycles. The zero-order valence-corrected chi connectivity index (χ0v) is 14.3. The van der Waals surface area contributed by atoms with E-state index in [1.54, 1.807) is 0 Å². The maximum Gasteiger partial charge on any atom is 0.158 e. The number of Topliss-reactive ketones (excluding diaryl/α,β-unsaturated/α-hetero) is 1. The molecule has 0 bridgehead atoms. The van der Waals surface area contributed by atoms with E-state index in [2.05, 4.69) is 12.8 Å². The van der Waals surface area contributed by atoms with Crippen molar-refractivity contribution in [2.24, 2.45) is 35.0 Å². The summed E-state index contributed by atoms with van der Waals surface area (Å²) in [6.45, 7) is 4.32. The van der Waals surface area contributed by atoms with Gasteiger partial charge in [0.2, 0.25) is 0 Å². The van der Waals surface area contributed by atoms with Crippen LogP contribution in [0.25, 0.3) is 0 Å². The van der Waals surface area contributed by atoms with Crippen molar-refractivity contribution in [3.8, 4) is 12.3 Å². The number of ketones is 1. The Labute approximate surface area is 139 Å². The Morgan fingerprint density at radius 3 is 2.74 bits per heavy atom. The van der Waals surface area contributed by atoms with E-state index in [0.717, 1.165) is 37.7 Å². The second-order valence-corrected chi connectivity index (χ2v) is 8.69. The van der Waals surface area contributed by atoms with Crippen LogP contribution in [0.5, 0.6) is 0 Å². The summed E-state index contributed by atoms with van der Waals surface area (Å²) >= 11 is 0. The molecule has 7 atom stereocenters. The smallest absolute Gasteiger partial charge is 0.158 e. The molecule has 124 valence electrons. The van der Waals surface area contributed by atoms with Gasteiger partial charge in [0, 0.05) is 12.3 Å². The Kier molecular flexibility index (Phi) is 3.50. The fourth-order valence-electron chi connectivity index (χ4n) is 6.68. The van der Waals surface area contributed by atoms with Gasteiger partial charge in [-0.2, -0.15) is 0 Å². The summed E-state index contributed by atoms with van der Waals surface area (Å²) in [5, 5.41) is 10.7. The quantitative estimate of drug-likeness (QED) is 0.692. The molecule has 0 aromatic rings. The van der Waals surface area contributed by atoms with Gasteiger partial charge in [0.1, 0.15) is 0 Å². The van der Waals surface area contributed by atoms with Crippen LogP contribution < -0.4 is 0 Å². The first-order valence-electron chi connectivity index (χ1n) is 9.34. The van der Waals surface area contributed by atoms with Gasteiger partial charge in [0.25, 0.3) is 0 Å². The Morgan fingerprint density at radius 2 is 2.00 bits per heavy atom. The number of aliphatic hydroxyl groups excluding tert-OH is 1. The standard InChI is InChI=1S/C21H28O2/c1-4-13-11-18-17-6-5-14-12(2)19(22)8-7-15(14)16(17)9-10-21(18,3)20(13)23/h1,13,15-18,20,23H,5-11H2,2-3H3/t13-,15+,16+,17-,18-,20+,21+/m1/s1. The van der Waals surface area contributed by atoms with Crippen LogP contribution in [0.3, 0.4) is 0 Å². The lowest BCUT2D eigenvalue weighted by molar-refractivity contribution is -0.117. The number of terminal acetylenes is 1. The summed E-state index contributed by atoms with van der Waals surface area (Å²) < 4.78 is 0. The zero-order valence-electron chi connectivity index (χ0n) is 14.3. The lowest BCUT2D eigenvalue weighted by atomic mass is 9.52. The summed E-state index contributed by atoms with van der Waals surface area (Å²) in [5.41, 5.74) is 2.55. The maximum absolute atomic E-state index is 12.1. The van der Waals surface area contributed by atoms with Crippen molar-refractivity contribution in [2.75, 3.05) is 0 Å². The molecule has 4 aliphatic carbocycles. The van der Waals surface area contributed by atoms with Gasteiger partial charge in [-0.15, -0.1) is 12.3 Å². The van der Waals surface area contributed by atoms with Crippen LogP contribution >= 0.6 is 0 Å². The highest BCUT2D eigenvalue weighted by molar-refractivity contribution is 5.96.